The molecule has 0 fully saturated rings. The summed E-state index contributed by atoms with van der Waals surface area (Å²) in [7, 11) is 0. The highest BCUT2D eigenvalue weighted by Crippen LogP contribution is 2.22. The first-order valence-corrected chi connectivity index (χ1v) is 6.61. The van der Waals surface area contributed by atoms with Gasteiger partial charge in [-0.2, -0.15) is 0 Å². The summed E-state index contributed by atoms with van der Waals surface area (Å²) in [6.07, 6.45) is 2.90. The Hall–Kier alpha value is -1.88. The summed E-state index contributed by atoms with van der Waals surface area (Å²) in [4.78, 5) is 26.3. The lowest BCUT2D eigenvalue weighted by molar-refractivity contribution is 0.0938. The van der Waals surface area contributed by atoms with Gasteiger partial charge in [0.05, 0.1) is 6.04 Å². The van der Waals surface area contributed by atoms with Crippen LogP contribution in [0.2, 0.25) is 0 Å². The van der Waals surface area contributed by atoms with Crippen molar-refractivity contribution in [3.8, 4) is 0 Å². The topological polar surface area (TPSA) is 62.0 Å². The molecule has 1 amide bonds. The maximum Gasteiger partial charge on any atom is 0.257 e. The quantitative estimate of drug-likeness (QED) is 0.913. The molecular weight excluding hydrogens is 308 g/mol. The highest BCUT2D eigenvalue weighted by molar-refractivity contribution is 9.10. The molecule has 0 spiro atoms. The molecule has 2 rings (SSSR count). The fraction of sp³-hybridized carbons (Fsp3) is 0.143. The number of nitrogens with one attached hydrogen (secondary N) is 2. The first-order chi connectivity index (χ1) is 9.09. The monoisotopic (exact) mass is 320 g/mol. The Kier molecular flexibility index (Phi) is 4.16. The number of hydrogen-bond acceptors (Lipinski definition) is 2. The van der Waals surface area contributed by atoms with Gasteiger partial charge in [0.15, 0.2) is 5.43 Å². The Morgan fingerprint density at radius 2 is 2.05 bits per heavy atom. The van der Waals surface area contributed by atoms with Crippen LogP contribution in [0.3, 0.4) is 0 Å². The molecule has 0 saturated heterocycles. The SMILES string of the molecule is CC(NC(=O)c1c[nH]ccc1=O)c1ccccc1Br. The van der Waals surface area contributed by atoms with Crippen LogP contribution in [-0.4, -0.2) is 10.9 Å². The molecular formula is C14H13BrN2O2. The Balaban J connectivity index is 2.18. The summed E-state index contributed by atoms with van der Waals surface area (Å²) in [5, 5.41) is 2.81. The van der Waals surface area contributed by atoms with E-state index in [1.54, 1.807) is 0 Å². The lowest BCUT2D eigenvalue weighted by Crippen LogP contribution is -2.30. The first kappa shape index (κ1) is 13.5. The lowest BCUT2D eigenvalue weighted by Gasteiger charge is -2.15. The number of aromatic nitrogens is 1. The maximum atomic E-state index is 12.0. The summed E-state index contributed by atoms with van der Waals surface area (Å²) in [5.41, 5.74) is 0.778. The molecule has 2 aromatic rings. The summed E-state index contributed by atoms with van der Waals surface area (Å²) in [5.74, 6) is -0.384. The minimum absolute atomic E-state index is 0.112. The van der Waals surface area contributed by atoms with Gasteiger partial charge in [-0.3, -0.25) is 9.59 Å². The molecule has 1 aromatic carbocycles. The molecule has 1 aromatic heterocycles. The van der Waals surface area contributed by atoms with Gasteiger partial charge in [-0.05, 0) is 18.6 Å². The zero-order valence-electron chi connectivity index (χ0n) is 10.3. The van der Waals surface area contributed by atoms with E-state index in [4.69, 9.17) is 0 Å². The van der Waals surface area contributed by atoms with Crippen molar-refractivity contribution in [2.45, 2.75) is 13.0 Å². The number of hydrogen-bond donors (Lipinski definition) is 2. The van der Waals surface area contributed by atoms with Crippen LogP contribution in [0.25, 0.3) is 0 Å². The Morgan fingerprint density at radius 1 is 1.32 bits per heavy atom. The number of aromatic amines is 1. The highest BCUT2D eigenvalue weighted by Gasteiger charge is 2.15. The van der Waals surface area contributed by atoms with Crippen LogP contribution in [0.15, 0.2) is 52.0 Å². The van der Waals surface area contributed by atoms with Gasteiger partial charge in [0.1, 0.15) is 5.56 Å². The molecule has 0 aliphatic carbocycles. The number of H-pyrrole nitrogens is 1. The molecule has 98 valence electrons. The zero-order chi connectivity index (χ0) is 13.8. The van der Waals surface area contributed by atoms with Crippen molar-refractivity contribution >= 4 is 21.8 Å². The second-order valence-corrected chi connectivity index (χ2v) is 4.99. The van der Waals surface area contributed by atoms with Crippen molar-refractivity contribution in [3.05, 3.63) is 68.5 Å². The number of carbonyl (C=O) groups excluding carboxylic acids is 1. The molecule has 4 nitrogen and oxygen atoms in total. The molecule has 1 unspecified atom stereocenters. The van der Waals surface area contributed by atoms with E-state index in [0.717, 1.165) is 10.0 Å². The van der Waals surface area contributed by atoms with Gasteiger partial charge in [-0.25, -0.2) is 0 Å². The van der Waals surface area contributed by atoms with Crippen molar-refractivity contribution in [2.24, 2.45) is 0 Å². The summed E-state index contributed by atoms with van der Waals surface area (Å²) in [6.45, 7) is 1.87. The van der Waals surface area contributed by atoms with E-state index >= 15 is 0 Å². The van der Waals surface area contributed by atoms with Crippen LogP contribution in [-0.2, 0) is 0 Å². The third kappa shape index (κ3) is 3.12. The molecule has 19 heavy (non-hydrogen) atoms. The van der Waals surface area contributed by atoms with E-state index in [-0.39, 0.29) is 22.9 Å². The summed E-state index contributed by atoms with van der Waals surface area (Å²) < 4.78 is 0.921. The van der Waals surface area contributed by atoms with Crippen LogP contribution >= 0.6 is 15.9 Å². The second-order valence-electron chi connectivity index (χ2n) is 4.14. The van der Waals surface area contributed by atoms with Crippen molar-refractivity contribution < 1.29 is 4.79 Å². The predicted molar refractivity (Wildman–Crippen MR) is 77.1 cm³/mol. The Labute approximate surface area is 119 Å². The molecule has 0 radical (unpaired) electrons. The largest absolute Gasteiger partial charge is 0.367 e. The fourth-order valence-corrected chi connectivity index (χ4v) is 2.40. The van der Waals surface area contributed by atoms with E-state index in [1.807, 2.05) is 31.2 Å². The fourth-order valence-electron chi connectivity index (χ4n) is 1.77. The van der Waals surface area contributed by atoms with Crippen molar-refractivity contribution in [2.75, 3.05) is 0 Å². The van der Waals surface area contributed by atoms with Gasteiger partial charge in [-0.15, -0.1) is 0 Å². The molecule has 0 aliphatic rings. The molecule has 2 N–H and O–H groups in total. The predicted octanol–water partition coefficient (Wildman–Crippen LogP) is 2.63. The maximum absolute atomic E-state index is 12.0. The summed E-state index contributed by atoms with van der Waals surface area (Å²) >= 11 is 3.44. The van der Waals surface area contributed by atoms with E-state index in [9.17, 15) is 9.59 Å². The Bertz CT molecular complexity index is 652. The van der Waals surface area contributed by atoms with Gasteiger partial charge in [0, 0.05) is 22.9 Å². The van der Waals surface area contributed by atoms with Crippen LogP contribution in [0.5, 0.6) is 0 Å². The average Bonchev–Trinajstić information content (AvgIpc) is 2.39. The van der Waals surface area contributed by atoms with Crippen molar-refractivity contribution in [3.63, 3.8) is 0 Å². The van der Waals surface area contributed by atoms with Crippen molar-refractivity contribution in [1.82, 2.24) is 10.3 Å². The van der Waals surface area contributed by atoms with Crippen molar-refractivity contribution in [1.29, 1.82) is 0 Å². The smallest absolute Gasteiger partial charge is 0.257 e. The number of halogens is 1. The number of amides is 1. The van der Waals surface area contributed by atoms with Gasteiger partial charge in [-0.1, -0.05) is 34.1 Å². The third-order valence-corrected chi connectivity index (χ3v) is 3.51. The van der Waals surface area contributed by atoms with E-state index in [2.05, 4.69) is 26.2 Å². The van der Waals surface area contributed by atoms with Gasteiger partial charge < -0.3 is 10.3 Å². The zero-order valence-corrected chi connectivity index (χ0v) is 11.9. The molecule has 1 heterocycles. The number of carbonyl (C=O) groups is 1. The van der Waals surface area contributed by atoms with E-state index in [1.165, 1.54) is 18.5 Å². The second kappa shape index (κ2) is 5.84. The van der Waals surface area contributed by atoms with E-state index < -0.39 is 0 Å². The van der Waals surface area contributed by atoms with Gasteiger partial charge in [0.2, 0.25) is 0 Å². The molecule has 5 heteroatoms. The summed E-state index contributed by atoms with van der Waals surface area (Å²) in [6, 6.07) is 8.78. The van der Waals surface area contributed by atoms with Crippen LogP contribution in [0, 0.1) is 0 Å². The number of rotatable bonds is 3. The average molecular weight is 321 g/mol. The normalized spacial score (nSPS) is 11.9. The molecule has 0 bridgehead atoms. The molecule has 0 aliphatic heterocycles. The van der Waals surface area contributed by atoms with Gasteiger partial charge in [0.25, 0.3) is 5.91 Å². The standard InChI is InChI=1S/C14H13BrN2O2/c1-9(10-4-2-3-5-12(10)15)17-14(19)11-8-16-7-6-13(11)18/h2-9H,1H3,(H,16,18)(H,17,19). The number of benzene rings is 1. The highest BCUT2D eigenvalue weighted by atomic mass is 79.9. The minimum atomic E-state index is -0.384. The minimum Gasteiger partial charge on any atom is -0.367 e. The van der Waals surface area contributed by atoms with E-state index in [0.29, 0.717) is 0 Å². The Morgan fingerprint density at radius 3 is 2.74 bits per heavy atom. The first-order valence-electron chi connectivity index (χ1n) is 5.82. The number of pyridine rings is 1. The van der Waals surface area contributed by atoms with Crippen LogP contribution in [0.4, 0.5) is 0 Å². The third-order valence-electron chi connectivity index (χ3n) is 2.79. The molecule has 0 saturated carbocycles. The van der Waals surface area contributed by atoms with Crippen LogP contribution in [0.1, 0.15) is 28.9 Å². The molecule has 1 atom stereocenters. The van der Waals surface area contributed by atoms with Crippen LogP contribution < -0.4 is 10.7 Å². The van der Waals surface area contributed by atoms with Gasteiger partial charge >= 0.3 is 0 Å². The lowest BCUT2D eigenvalue weighted by atomic mass is 10.1.